The minimum absolute atomic E-state index is 0.0818. The highest BCUT2D eigenvalue weighted by atomic mass is 32.2. The van der Waals surface area contributed by atoms with Crippen LogP contribution in [-0.2, 0) is 17.2 Å². The van der Waals surface area contributed by atoms with Crippen LogP contribution in [0.25, 0.3) is 0 Å². The molecule has 0 saturated carbocycles. The molecule has 0 radical (unpaired) electrons. The van der Waals surface area contributed by atoms with E-state index in [0.717, 1.165) is 5.56 Å². The van der Waals surface area contributed by atoms with Crippen LogP contribution in [0.5, 0.6) is 0 Å². The van der Waals surface area contributed by atoms with Crippen molar-refractivity contribution in [3.63, 3.8) is 0 Å². The van der Waals surface area contributed by atoms with Crippen LogP contribution in [0.15, 0.2) is 53.7 Å². The minimum Gasteiger partial charge on any atom is -0.318 e. The van der Waals surface area contributed by atoms with Gasteiger partial charge in [0.2, 0.25) is 0 Å². The summed E-state index contributed by atoms with van der Waals surface area (Å²) in [6, 6.07) is 11.7. The summed E-state index contributed by atoms with van der Waals surface area (Å²) in [7, 11) is -1.20. The molecule has 2 heterocycles. The maximum atomic E-state index is 12.9. The third-order valence-electron chi connectivity index (χ3n) is 3.21. The van der Waals surface area contributed by atoms with Gasteiger partial charge >= 0.3 is 0 Å². The molecule has 2 aromatic rings. The highest BCUT2D eigenvalue weighted by molar-refractivity contribution is 8.01. The molecule has 21 heavy (non-hydrogen) atoms. The normalized spacial score (nSPS) is 21.1. The Hall–Kier alpha value is -2.08. The smallest absolute Gasteiger partial charge is 0.193 e. The lowest BCUT2D eigenvalue weighted by molar-refractivity contribution is 0.626. The van der Waals surface area contributed by atoms with Crippen LogP contribution in [0.1, 0.15) is 5.56 Å². The van der Waals surface area contributed by atoms with Gasteiger partial charge in [0.1, 0.15) is 11.6 Å². The predicted octanol–water partition coefficient (Wildman–Crippen LogP) is 2.36. The van der Waals surface area contributed by atoms with Gasteiger partial charge in [0.05, 0.1) is 22.6 Å². The van der Waals surface area contributed by atoms with Crippen LogP contribution < -0.4 is 5.32 Å². The second-order valence-corrected chi connectivity index (χ2v) is 6.38. The van der Waals surface area contributed by atoms with Crippen molar-refractivity contribution in [3.8, 4) is 0 Å². The summed E-state index contributed by atoms with van der Waals surface area (Å²) >= 11 is 0. The van der Waals surface area contributed by atoms with Crippen molar-refractivity contribution in [3.05, 3.63) is 60.0 Å². The number of pyridine rings is 1. The summed E-state index contributed by atoms with van der Waals surface area (Å²) in [5.74, 6) is 0.368. The zero-order valence-electron chi connectivity index (χ0n) is 11.2. The number of aromatic nitrogens is 1. The highest BCUT2D eigenvalue weighted by Gasteiger charge is 2.28. The van der Waals surface area contributed by atoms with E-state index in [4.69, 9.17) is 0 Å². The maximum Gasteiger partial charge on any atom is 0.193 e. The summed E-state index contributed by atoms with van der Waals surface area (Å²) in [5.41, 5.74) is 0.962. The highest BCUT2D eigenvalue weighted by Crippen LogP contribution is 2.17. The molecule has 1 aliphatic rings. The third-order valence-corrected chi connectivity index (χ3v) is 4.74. The second-order valence-electron chi connectivity index (χ2n) is 4.74. The Morgan fingerprint density at radius 3 is 2.76 bits per heavy atom. The largest absolute Gasteiger partial charge is 0.318 e. The number of halogens is 1. The summed E-state index contributed by atoms with van der Waals surface area (Å²) in [6.07, 6.45) is 2.28. The Morgan fingerprint density at radius 1 is 1.24 bits per heavy atom. The van der Waals surface area contributed by atoms with E-state index in [9.17, 15) is 8.60 Å². The number of amidine groups is 1. The quantitative estimate of drug-likeness (QED) is 0.947. The van der Waals surface area contributed by atoms with Crippen molar-refractivity contribution in [2.24, 2.45) is 4.99 Å². The molecule has 108 valence electrons. The molecule has 0 bridgehead atoms. The Kier molecular flexibility index (Phi) is 4.06. The Balaban J connectivity index is 1.64. The Labute approximate surface area is 124 Å². The molecule has 2 unspecified atom stereocenters. The average Bonchev–Trinajstić information content (AvgIpc) is 2.84. The fourth-order valence-electron chi connectivity index (χ4n) is 2.13. The predicted molar refractivity (Wildman–Crippen MR) is 82.2 cm³/mol. The Bertz CT molecular complexity index is 673. The number of benzene rings is 1. The van der Waals surface area contributed by atoms with Gasteiger partial charge in [-0.2, -0.15) is 0 Å². The lowest BCUT2D eigenvalue weighted by atomic mass is 10.1. The number of rotatable bonds is 3. The maximum absolute atomic E-state index is 12.9. The number of nitrogens with one attached hydrogen (secondary N) is 1. The van der Waals surface area contributed by atoms with Crippen LogP contribution in [0.3, 0.4) is 0 Å². The molecule has 0 aliphatic carbocycles. The van der Waals surface area contributed by atoms with Crippen LogP contribution in [-0.4, -0.2) is 26.2 Å². The fourth-order valence-corrected chi connectivity index (χ4v) is 3.41. The van der Waals surface area contributed by atoms with Gasteiger partial charge in [-0.05, 0) is 36.2 Å². The zero-order valence-corrected chi connectivity index (χ0v) is 12.0. The molecule has 1 N–H and O–H groups in total. The van der Waals surface area contributed by atoms with E-state index in [1.54, 1.807) is 24.4 Å². The number of anilines is 1. The van der Waals surface area contributed by atoms with Crippen molar-refractivity contribution in [1.29, 1.82) is 0 Å². The first kappa shape index (κ1) is 13.9. The van der Waals surface area contributed by atoms with E-state index >= 15 is 0 Å². The summed E-state index contributed by atoms with van der Waals surface area (Å²) in [5, 5.41) is 3.37. The van der Waals surface area contributed by atoms with Gasteiger partial charge in [0, 0.05) is 6.20 Å². The van der Waals surface area contributed by atoms with E-state index < -0.39 is 10.8 Å². The van der Waals surface area contributed by atoms with Gasteiger partial charge in [-0.1, -0.05) is 18.2 Å². The zero-order chi connectivity index (χ0) is 14.7. The first-order valence-electron chi connectivity index (χ1n) is 6.60. The molecule has 0 saturated heterocycles. The molecule has 1 aromatic heterocycles. The van der Waals surface area contributed by atoms with Gasteiger partial charge in [0.15, 0.2) is 5.17 Å². The minimum atomic E-state index is -1.20. The monoisotopic (exact) mass is 303 g/mol. The van der Waals surface area contributed by atoms with Crippen molar-refractivity contribution in [2.45, 2.75) is 11.7 Å². The van der Waals surface area contributed by atoms with E-state index in [1.165, 1.54) is 12.1 Å². The average molecular weight is 303 g/mol. The van der Waals surface area contributed by atoms with E-state index in [2.05, 4.69) is 15.3 Å². The lowest BCUT2D eigenvalue weighted by Gasteiger charge is -2.09. The SMILES string of the molecule is O=S1C(Nc2ccccn2)=NCC1Cc1ccc(F)cc1. The van der Waals surface area contributed by atoms with Crippen molar-refractivity contribution < 1.29 is 8.60 Å². The van der Waals surface area contributed by atoms with Gasteiger partial charge < -0.3 is 5.32 Å². The molecule has 2 atom stereocenters. The van der Waals surface area contributed by atoms with Crippen molar-refractivity contribution in [1.82, 2.24) is 4.98 Å². The molecular weight excluding hydrogens is 289 g/mol. The fraction of sp³-hybridized carbons (Fsp3) is 0.200. The van der Waals surface area contributed by atoms with E-state index in [-0.39, 0.29) is 11.1 Å². The second kappa shape index (κ2) is 6.13. The molecular formula is C15H14FN3OS. The third kappa shape index (κ3) is 3.33. The molecule has 1 aliphatic heterocycles. The molecule has 3 rings (SSSR count). The summed E-state index contributed by atoms with van der Waals surface area (Å²) < 4.78 is 25.3. The van der Waals surface area contributed by atoms with Gasteiger partial charge in [-0.15, -0.1) is 0 Å². The standard InChI is InChI=1S/C15H14FN3OS/c16-12-6-4-11(5-7-12)9-13-10-18-15(21(13)20)19-14-3-1-2-8-17-14/h1-8,13H,9-10H2,(H,17,18,19). The molecule has 4 nitrogen and oxygen atoms in total. The van der Waals surface area contributed by atoms with Crippen LogP contribution >= 0.6 is 0 Å². The number of nitrogens with zero attached hydrogens (tertiary/aromatic N) is 2. The van der Waals surface area contributed by atoms with Crippen LogP contribution in [0, 0.1) is 5.82 Å². The first-order valence-corrected chi connectivity index (χ1v) is 7.81. The van der Waals surface area contributed by atoms with E-state index in [0.29, 0.717) is 24.0 Å². The lowest BCUT2D eigenvalue weighted by Crippen LogP contribution is -2.24. The Morgan fingerprint density at radius 2 is 2.05 bits per heavy atom. The van der Waals surface area contributed by atoms with Gasteiger partial charge in [-0.25, -0.2) is 9.37 Å². The van der Waals surface area contributed by atoms with Crippen molar-refractivity contribution >= 4 is 21.8 Å². The molecule has 0 amide bonds. The molecule has 0 fully saturated rings. The summed E-state index contributed by atoms with van der Waals surface area (Å²) in [6.45, 7) is 0.499. The van der Waals surface area contributed by atoms with Gasteiger partial charge in [-0.3, -0.25) is 9.20 Å². The summed E-state index contributed by atoms with van der Waals surface area (Å²) in [4.78, 5) is 8.43. The number of aliphatic imine (C=N–C) groups is 1. The molecule has 0 spiro atoms. The van der Waals surface area contributed by atoms with Gasteiger partial charge in [0.25, 0.3) is 0 Å². The van der Waals surface area contributed by atoms with Crippen molar-refractivity contribution in [2.75, 3.05) is 11.9 Å². The molecule has 1 aromatic carbocycles. The number of hydrogen-bond donors (Lipinski definition) is 1. The topological polar surface area (TPSA) is 54.4 Å². The van der Waals surface area contributed by atoms with E-state index in [1.807, 2.05) is 12.1 Å². The van der Waals surface area contributed by atoms with Crippen LogP contribution in [0.2, 0.25) is 0 Å². The first-order chi connectivity index (χ1) is 10.2. The van der Waals surface area contributed by atoms with Crippen LogP contribution in [0.4, 0.5) is 10.2 Å². The number of hydrogen-bond acceptors (Lipinski definition) is 4. The molecule has 6 heteroatoms.